The Morgan fingerprint density at radius 2 is 2.18 bits per heavy atom. The van der Waals surface area contributed by atoms with Crippen molar-refractivity contribution in [2.24, 2.45) is 0 Å². The van der Waals surface area contributed by atoms with Crippen LogP contribution in [0.5, 0.6) is 0 Å². The molecule has 88 valence electrons. The first kappa shape index (κ1) is 11.8. The van der Waals surface area contributed by atoms with Crippen LogP contribution in [0, 0.1) is 5.82 Å². The molecule has 0 saturated heterocycles. The normalized spacial score (nSPS) is 10.3. The number of aromatic nitrogens is 1. The fraction of sp³-hybridized carbons (Fsp3) is 0.0909. The van der Waals surface area contributed by atoms with Gasteiger partial charge >= 0.3 is 5.97 Å². The second-order valence-corrected chi connectivity index (χ2v) is 4.14. The first-order valence-corrected chi connectivity index (χ1v) is 5.41. The average Bonchev–Trinajstić information content (AvgIpc) is 2.76. The Morgan fingerprint density at radius 3 is 2.82 bits per heavy atom. The van der Waals surface area contributed by atoms with Crippen LogP contribution < -0.4 is 0 Å². The Hall–Kier alpha value is -1.69. The Bertz CT molecular complexity index is 547. The van der Waals surface area contributed by atoms with Gasteiger partial charge in [0, 0.05) is 16.1 Å². The molecule has 1 aromatic heterocycles. The zero-order valence-electron chi connectivity index (χ0n) is 8.74. The van der Waals surface area contributed by atoms with Crippen LogP contribution >= 0.6 is 15.9 Å². The van der Waals surface area contributed by atoms with Crippen LogP contribution in [0.2, 0.25) is 0 Å². The van der Waals surface area contributed by atoms with E-state index in [1.165, 1.54) is 25.3 Å². The second kappa shape index (κ2) is 4.67. The fourth-order valence-electron chi connectivity index (χ4n) is 1.31. The molecule has 6 heteroatoms. The zero-order chi connectivity index (χ0) is 12.4. The largest absolute Gasteiger partial charge is 0.464 e. The molecule has 0 N–H and O–H groups in total. The van der Waals surface area contributed by atoms with Gasteiger partial charge in [-0.1, -0.05) is 21.1 Å². The van der Waals surface area contributed by atoms with Crippen molar-refractivity contribution in [3.8, 4) is 11.3 Å². The van der Waals surface area contributed by atoms with Gasteiger partial charge in [0.25, 0.3) is 0 Å². The van der Waals surface area contributed by atoms with Gasteiger partial charge in [-0.25, -0.2) is 9.18 Å². The molecule has 17 heavy (non-hydrogen) atoms. The van der Waals surface area contributed by atoms with Crippen LogP contribution in [0.4, 0.5) is 4.39 Å². The van der Waals surface area contributed by atoms with Gasteiger partial charge in [0.05, 0.1) is 7.11 Å². The fourth-order valence-corrected chi connectivity index (χ4v) is 1.77. The highest BCUT2D eigenvalue weighted by Gasteiger charge is 2.14. The monoisotopic (exact) mass is 299 g/mol. The van der Waals surface area contributed by atoms with Crippen molar-refractivity contribution in [1.82, 2.24) is 5.16 Å². The lowest BCUT2D eigenvalue weighted by Gasteiger charge is -1.97. The predicted molar refractivity (Wildman–Crippen MR) is 60.9 cm³/mol. The molecule has 2 rings (SSSR count). The predicted octanol–water partition coefficient (Wildman–Crippen LogP) is 3.03. The smallest absolute Gasteiger partial charge is 0.360 e. The Morgan fingerprint density at radius 1 is 1.41 bits per heavy atom. The minimum absolute atomic E-state index is 0.0443. The number of nitrogens with zero attached hydrogens (tertiary/aromatic N) is 1. The molecule has 0 bridgehead atoms. The van der Waals surface area contributed by atoms with Gasteiger partial charge in [0.15, 0.2) is 11.5 Å². The van der Waals surface area contributed by atoms with Crippen LogP contribution in [0.25, 0.3) is 11.3 Å². The zero-order valence-corrected chi connectivity index (χ0v) is 10.3. The quantitative estimate of drug-likeness (QED) is 0.800. The maximum absolute atomic E-state index is 13.2. The van der Waals surface area contributed by atoms with E-state index in [0.717, 1.165) is 0 Å². The van der Waals surface area contributed by atoms with Gasteiger partial charge < -0.3 is 9.26 Å². The molecule has 2 aromatic rings. The van der Waals surface area contributed by atoms with Gasteiger partial charge in [-0.15, -0.1) is 0 Å². The molecule has 0 spiro atoms. The molecule has 0 atom stereocenters. The van der Waals surface area contributed by atoms with Crippen LogP contribution in [-0.2, 0) is 4.74 Å². The van der Waals surface area contributed by atoms with Crippen molar-refractivity contribution in [2.45, 2.75) is 0 Å². The minimum Gasteiger partial charge on any atom is -0.464 e. The third-order valence-corrected chi connectivity index (χ3v) is 2.51. The molecule has 0 saturated carbocycles. The van der Waals surface area contributed by atoms with E-state index in [4.69, 9.17) is 4.52 Å². The maximum Gasteiger partial charge on any atom is 0.360 e. The highest BCUT2D eigenvalue weighted by molar-refractivity contribution is 9.10. The Kier molecular flexibility index (Phi) is 3.23. The standard InChI is InChI=1S/C11H7BrFNO3/c1-16-11(15)9-5-10(17-14-9)6-2-7(12)4-8(13)3-6/h2-5H,1H3. The van der Waals surface area contributed by atoms with Crippen molar-refractivity contribution in [1.29, 1.82) is 0 Å². The molecule has 0 amide bonds. The Balaban J connectivity index is 2.40. The summed E-state index contributed by atoms with van der Waals surface area (Å²) in [5.74, 6) is -0.716. The second-order valence-electron chi connectivity index (χ2n) is 3.23. The number of benzene rings is 1. The molecule has 0 radical (unpaired) electrons. The first-order chi connectivity index (χ1) is 8.10. The molecule has 0 aliphatic carbocycles. The number of rotatable bonds is 2. The summed E-state index contributed by atoms with van der Waals surface area (Å²) in [6, 6.07) is 5.66. The number of esters is 1. The van der Waals surface area contributed by atoms with E-state index < -0.39 is 11.8 Å². The van der Waals surface area contributed by atoms with Crippen molar-refractivity contribution >= 4 is 21.9 Å². The van der Waals surface area contributed by atoms with Gasteiger partial charge in [0.2, 0.25) is 0 Å². The van der Waals surface area contributed by atoms with E-state index in [1.807, 2.05) is 0 Å². The number of ether oxygens (including phenoxy) is 1. The van der Waals surface area contributed by atoms with E-state index in [1.54, 1.807) is 6.07 Å². The number of carbonyl (C=O) groups excluding carboxylic acids is 1. The number of hydrogen-bond donors (Lipinski definition) is 0. The number of carbonyl (C=O) groups is 1. The summed E-state index contributed by atoms with van der Waals surface area (Å²) in [5, 5.41) is 3.54. The summed E-state index contributed by atoms with van der Waals surface area (Å²) in [6.45, 7) is 0. The highest BCUT2D eigenvalue weighted by atomic mass is 79.9. The summed E-state index contributed by atoms with van der Waals surface area (Å²) in [4.78, 5) is 11.2. The molecule has 0 unspecified atom stereocenters. The third-order valence-electron chi connectivity index (χ3n) is 2.05. The number of halogens is 2. The van der Waals surface area contributed by atoms with E-state index >= 15 is 0 Å². The summed E-state index contributed by atoms with van der Waals surface area (Å²) < 4.78 is 23.2. The molecule has 1 heterocycles. The van der Waals surface area contributed by atoms with Crippen LogP contribution in [0.1, 0.15) is 10.5 Å². The number of hydrogen-bond acceptors (Lipinski definition) is 4. The van der Waals surface area contributed by atoms with Gasteiger partial charge in [-0.2, -0.15) is 0 Å². The lowest BCUT2D eigenvalue weighted by Crippen LogP contribution is -2.00. The van der Waals surface area contributed by atoms with Crippen LogP contribution in [-0.4, -0.2) is 18.2 Å². The molecule has 1 aromatic carbocycles. The molecule has 4 nitrogen and oxygen atoms in total. The highest BCUT2D eigenvalue weighted by Crippen LogP contribution is 2.25. The number of methoxy groups -OCH3 is 1. The van der Waals surface area contributed by atoms with Crippen LogP contribution in [0.3, 0.4) is 0 Å². The van der Waals surface area contributed by atoms with Crippen molar-refractivity contribution in [2.75, 3.05) is 7.11 Å². The van der Waals surface area contributed by atoms with E-state index in [2.05, 4.69) is 25.8 Å². The molecular formula is C11H7BrFNO3. The van der Waals surface area contributed by atoms with Crippen molar-refractivity contribution in [3.05, 3.63) is 40.2 Å². The summed E-state index contributed by atoms with van der Waals surface area (Å²) in [5.41, 5.74) is 0.530. The molecule has 0 aliphatic heterocycles. The summed E-state index contributed by atoms with van der Waals surface area (Å²) in [6.07, 6.45) is 0. The average molecular weight is 300 g/mol. The van der Waals surface area contributed by atoms with Gasteiger partial charge in [-0.3, -0.25) is 0 Å². The third kappa shape index (κ3) is 2.52. The lowest BCUT2D eigenvalue weighted by molar-refractivity contribution is 0.0589. The minimum atomic E-state index is -0.601. The van der Waals surface area contributed by atoms with Gasteiger partial charge in [-0.05, 0) is 18.2 Å². The maximum atomic E-state index is 13.2. The topological polar surface area (TPSA) is 52.3 Å². The molecular weight excluding hydrogens is 293 g/mol. The van der Waals surface area contributed by atoms with E-state index in [0.29, 0.717) is 15.8 Å². The van der Waals surface area contributed by atoms with Crippen molar-refractivity contribution in [3.63, 3.8) is 0 Å². The molecule has 0 fully saturated rings. The van der Waals surface area contributed by atoms with Crippen LogP contribution in [0.15, 0.2) is 33.3 Å². The van der Waals surface area contributed by atoms with Gasteiger partial charge in [0.1, 0.15) is 5.82 Å². The lowest BCUT2D eigenvalue weighted by atomic mass is 10.1. The van der Waals surface area contributed by atoms with E-state index in [9.17, 15) is 9.18 Å². The summed E-state index contributed by atoms with van der Waals surface area (Å²) in [7, 11) is 1.25. The first-order valence-electron chi connectivity index (χ1n) is 4.61. The van der Waals surface area contributed by atoms with E-state index in [-0.39, 0.29) is 5.69 Å². The Labute approximate surface area is 104 Å². The summed E-state index contributed by atoms with van der Waals surface area (Å²) >= 11 is 3.17. The molecule has 0 aliphatic rings. The van der Waals surface area contributed by atoms with Crippen molar-refractivity contribution < 1.29 is 18.4 Å². The SMILES string of the molecule is COC(=O)c1cc(-c2cc(F)cc(Br)c2)on1.